The number of nitriles is 1. The molecule has 1 fully saturated rings. The van der Waals surface area contributed by atoms with Crippen molar-refractivity contribution in [3.05, 3.63) is 29.8 Å². The van der Waals surface area contributed by atoms with Gasteiger partial charge < -0.3 is 20.7 Å². The van der Waals surface area contributed by atoms with Crippen LogP contribution in [-0.2, 0) is 14.3 Å². The number of likely N-dealkylation sites (tertiary alicyclic amines) is 1. The standard InChI is InChI=1S/C16H20N4O3/c1-23-11-16(15(18)22)7-2-8-20(16)14(21)10-19-13-5-3-12(9-17)4-6-13/h3-6,19H,2,7-8,10-11H2,1H3,(H2,18,22). The molecule has 0 spiro atoms. The van der Waals surface area contributed by atoms with Crippen LogP contribution in [0.4, 0.5) is 5.69 Å². The second-order valence-electron chi connectivity index (χ2n) is 5.52. The summed E-state index contributed by atoms with van der Waals surface area (Å²) in [6.45, 7) is 0.635. The van der Waals surface area contributed by atoms with Gasteiger partial charge in [-0.2, -0.15) is 5.26 Å². The summed E-state index contributed by atoms with van der Waals surface area (Å²) in [6, 6.07) is 8.83. The Kier molecular flexibility index (Phi) is 5.19. The largest absolute Gasteiger partial charge is 0.382 e. The molecule has 0 bridgehead atoms. The van der Waals surface area contributed by atoms with Gasteiger partial charge in [-0.25, -0.2) is 0 Å². The van der Waals surface area contributed by atoms with E-state index in [1.54, 1.807) is 24.3 Å². The summed E-state index contributed by atoms with van der Waals surface area (Å²) in [4.78, 5) is 25.9. The third kappa shape index (κ3) is 3.43. The van der Waals surface area contributed by atoms with Gasteiger partial charge in [-0.3, -0.25) is 9.59 Å². The minimum atomic E-state index is -1.06. The van der Waals surface area contributed by atoms with Crippen LogP contribution in [0.2, 0.25) is 0 Å². The Morgan fingerprint density at radius 3 is 2.70 bits per heavy atom. The van der Waals surface area contributed by atoms with Gasteiger partial charge in [0.25, 0.3) is 0 Å². The Labute approximate surface area is 135 Å². The highest BCUT2D eigenvalue weighted by Crippen LogP contribution is 2.29. The van der Waals surface area contributed by atoms with Crippen LogP contribution in [0, 0.1) is 11.3 Å². The summed E-state index contributed by atoms with van der Waals surface area (Å²) in [7, 11) is 1.49. The number of ether oxygens (including phenoxy) is 1. The van der Waals surface area contributed by atoms with Crippen LogP contribution in [0.25, 0.3) is 0 Å². The average molecular weight is 316 g/mol. The van der Waals surface area contributed by atoms with Crippen LogP contribution in [0.5, 0.6) is 0 Å². The number of anilines is 1. The predicted molar refractivity (Wildman–Crippen MR) is 84.4 cm³/mol. The van der Waals surface area contributed by atoms with Crippen molar-refractivity contribution in [1.29, 1.82) is 5.26 Å². The van der Waals surface area contributed by atoms with E-state index in [1.807, 2.05) is 6.07 Å². The second kappa shape index (κ2) is 7.11. The fourth-order valence-electron chi connectivity index (χ4n) is 2.89. The molecule has 1 aromatic carbocycles. The van der Waals surface area contributed by atoms with Crippen LogP contribution in [0.1, 0.15) is 18.4 Å². The zero-order valence-electron chi connectivity index (χ0n) is 13.0. The highest BCUT2D eigenvalue weighted by Gasteiger charge is 2.48. The van der Waals surface area contributed by atoms with Gasteiger partial charge in [0, 0.05) is 19.3 Å². The van der Waals surface area contributed by atoms with E-state index in [4.69, 9.17) is 15.7 Å². The van der Waals surface area contributed by atoms with Crippen LogP contribution in [0.15, 0.2) is 24.3 Å². The van der Waals surface area contributed by atoms with Gasteiger partial charge in [-0.05, 0) is 37.1 Å². The Morgan fingerprint density at radius 2 is 2.13 bits per heavy atom. The van der Waals surface area contributed by atoms with Gasteiger partial charge in [-0.1, -0.05) is 0 Å². The first-order valence-electron chi connectivity index (χ1n) is 7.37. The molecule has 1 atom stereocenters. The number of nitrogens with one attached hydrogen (secondary N) is 1. The lowest BCUT2D eigenvalue weighted by molar-refractivity contribution is -0.145. The topological polar surface area (TPSA) is 108 Å². The van der Waals surface area contributed by atoms with Crippen molar-refractivity contribution in [2.75, 3.05) is 32.1 Å². The number of amides is 2. The van der Waals surface area contributed by atoms with Gasteiger partial charge >= 0.3 is 0 Å². The molecule has 3 N–H and O–H groups in total. The minimum absolute atomic E-state index is 0.0463. The van der Waals surface area contributed by atoms with Crippen molar-refractivity contribution in [2.24, 2.45) is 5.73 Å². The zero-order chi connectivity index (χ0) is 16.9. The van der Waals surface area contributed by atoms with Gasteiger partial charge in [0.15, 0.2) is 0 Å². The van der Waals surface area contributed by atoms with Crippen molar-refractivity contribution in [2.45, 2.75) is 18.4 Å². The van der Waals surface area contributed by atoms with Crippen molar-refractivity contribution in [3.63, 3.8) is 0 Å². The minimum Gasteiger partial charge on any atom is -0.382 e. The highest BCUT2D eigenvalue weighted by atomic mass is 16.5. The van der Waals surface area contributed by atoms with E-state index in [2.05, 4.69) is 5.32 Å². The molecule has 1 unspecified atom stereocenters. The van der Waals surface area contributed by atoms with Crippen LogP contribution >= 0.6 is 0 Å². The number of carbonyl (C=O) groups excluding carboxylic acids is 2. The SMILES string of the molecule is COCC1(C(N)=O)CCCN1C(=O)CNc1ccc(C#N)cc1. The van der Waals surface area contributed by atoms with Gasteiger partial charge in [0.05, 0.1) is 24.8 Å². The molecule has 0 aromatic heterocycles. The molecule has 1 saturated heterocycles. The normalized spacial score (nSPS) is 20.1. The van der Waals surface area contributed by atoms with E-state index in [0.29, 0.717) is 18.5 Å². The molecule has 1 heterocycles. The third-order valence-electron chi connectivity index (χ3n) is 4.09. The number of hydrogen-bond acceptors (Lipinski definition) is 5. The lowest BCUT2D eigenvalue weighted by atomic mass is 9.96. The van der Waals surface area contributed by atoms with E-state index in [9.17, 15) is 9.59 Å². The molecular weight excluding hydrogens is 296 g/mol. The molecule has 2 rings (SSSR count). The fourth-order valence-corrected chi connectivity index (χ4v) is 2.89. The Hall–Kier alpha value is -2.59. The molecular formula is C16H20N4O3. The van der Waals surface area contributed by atoms with E-state index in [1.165, 1.54) is 12.0 Å². The molecule has 7 heteroatoms. The molecule has 0 aliphatic carbocycles. The maximum Gasteiger partial charge on any atom is 0.245 e. The lowest BCUT2D eigenvalue weighted by Crippen LogP contribution is -2.59. The molecule has 1 aliphatic rings. The Balaban J connectivity index is 2.04. The number of nitrogens with zero attached hydrogens (tertiary/aromatic N) is 2. The molecule has 1 aromatic rings. The summed E-state index contributed by atoms with van der Waals surface area (Å²) in [6.07, 6.45) is 1.23. The highest BCUT2D eigenvalue weighted by molar-refractivity contribution is 5.92. The number of rotatable bonds is 6. The smallest absolute Gasteiger partial charge is 0.245 e. The van der Waals surface area contributed by atoms with Crippen LogP contribution in [0.3, 0.4) is 0 Å². The number of methoxy groups -OCH3 is 1. The number of primary amides is 1. The molecule has 0 saturated carbocycles. The molecule has 23 heavy (non-hydrogen) atoms. The number of hydrogen-bond donors (Lipinski definition) is 2. The summed E-state index contributed by atoms with van der Waals surface area (Å²) in [5, 5.41) is 11.8. The maximum atomic E-state index is 12.5. The third-order valence-corrected chi connectivity index (χ3v) is 4.09. The summed E-state index contributed by atoms with van der Waals surface area (Å²) >= 11 is 0. The molecule has 1 aliphatic heterocycles. The zero-order valence-corrected chi connectivity index (χ0v) is 13.0. The summed E-state index contributed by atoms with van der Waals surface area (Å²) in [5.41, 5.74) is 5.74. The van der Waals surface area contributed by atoms with Gasteiger partial charge in [0.1, 0.15) is 5.54 Å². The molecule has 2 amide bonds. The number of benzene rings is 1. The summed E-state index contributed by atoms with van der Waals surface area (Å²) in [5.74, 6) is -0.744. The van der Waals surface area contributed by atoms with E-state index >= 15 is 0 Å². The van der Waals surface area contributed by atoms with Crippen LogP contribution in [-0.4, -0.2) is 49.1 Å². The lowest BCUT2D eigenvalue weighted by Gasteiger charge is -2.35. The van der Waals surface area contributed by atoms with Crippen molar-refractivity contribution in [3.8, 4) is 6.07 Å². The first kappa shape index (κ1) is 16.8. The second-order valence-corrected chi connectivity index (χ2v) is 5.52. The van der Waals surface area contributed by atoms with Crippen molar-refractivity contribution < 1.29 is 14.3 Å². The Morgan fingerprint density at radius 1 is 1.43 bits per heavy atom. The van der Waals surface area contributed by atoms with E-state index in [0.717, 1.165) is 12.1 Å². The number of carbonyl (C=O) groups is 2. The van der Waals surface area contributed by atoms with Gasteiger partial charge in [0.2, 0.25) is 11.8 Å². The maximum absolute atomic E-state index is 12.5. The molecule has 122 valence electrons. The molecule has 7 nitrogen and oxygen atoms in total. The van der Waals surface area contributed by atoms with Crippen LogP contribution < -0.4 is 11.1 Å². The van der Waals surface area contributed by atoms with E-state index in [-0.39, 0.29) is 19.1 Å². The van der Waals surface area contributed by atoms with Crippen molar-refractivity contribution in [1.82, 2.24) is 4.90 Å². The first-order chi connectivity index (χ1) is 11.0. The number of nitrogens with two attached hydrogens (primary N) is 1. The monoisotopic (exact) mass is 316 g/mol. The summed E-state index contributed by atoms with van der Waals surface area (Å²) < 4.78 is 5.11. The predicted octanol–water partition coefficient (Wildman–Crippen LogP) is 0.463. The average Bonchev–Trinajstić information content (AvgIpc) is 2.98. The molecule has 0 radical (unpaired) electrons. The van der Waals surface area contributed by atoms with Crippen molar-refractivity contribution >= 4 is 17.5 Å². The van der Waals surface area contributed by atoms with E-state index < -0.39 is 11.4 Å². The fraction of sp³-hybridized carbons (Fsp3) is 0.438. The Bertz CT molecular complexity index is 623. The van der Waals surface area contributed by atoms with Gasteiger partial charge in [-0.15, -0.1) is 0 Å². The quantitative estimate of drug-likeness (QED) is 0.792. The first-order valence-corrected chi connectivity index (χ1v) is 7.37.